The maximum absolute atomic E-state index is 13.7. The van der Waals surface area contributed by atoms with E-state index >= 15 is 0 Å². The van der Waals surface area contributed by atoms with Crippen LogP contribution in [0.3, 0.4) is 0 Å². The molecule has 3 atom stereocenters. The fourth-order valence-electron chi connectivity index (χ4n) is 5.06. The molecule has 1 aromatic heterocycles. The average Bonchev–Trinajstić information content (AvgIpc) is 3.65. The zero-order valence-corrected chi connectivity index (χ0v) is 35.6. The number of hydrogen-bond donors (Lipinski definition) is 5. The van der Waals surface area contributed by atoms with Crippen LogP contribution in [0.4, 0.5) is 4.79 Å². The zero-order valence-electron chi connectivity index (χ0n) is 31.9. The van der Waals surface area contributed by atoms with E-state index in [0.717, 1.165) is 6.54 Å². The standard InChI is InChI=1S/C33H48N8O7S.C2H6.CH3.Y/c1-4-8-29(43)37-27(17-25-19-34-22-36-25)31(45)39-28(32(46)38-26(11-16-49-3)30(44)35-18-23(2)42)21-48-33(47)41-14-12-40(13-15-41)20-24-9-6-5-7-10-24;1-2;;/h5-7,9-10,19,22,26-28H,4,8,11-18,20-21H2,1-3H3,(H,34,36)(H,35,44)(H,37,43)(H,38,46)(H,39,45);1-2H3;1H3;/q;;-1;. The first-order valence-corrected chi connectivity index (χ1v) is 18.8. The molecule has 1 fully saturated rings. The molecule has 293 valence electrons. The summed E-state index contributed by atoms with van der Waals surface area (Å²) in [7, 11) is 0. The SMILES string of the molecule is CC.CCCC(=O)NC(Cc1cnc[nH]1)C(=O)NC(COC(=O)N1CCN(Cc2ccccc2)CC1)C(=O)NC(CCSC)C(=O)NCC(C)=O.[CH3-].[Y]. The largest absolute Gasteiger partial charge is 0.447 e. The number of aromatic nitrogens is 2. The van der Waals surface area contributed by atoms with Crippen molar-refractivity contribution in [2.45, 2.75) is 78.0 Å². The van der Waals surface area contributed by atoms with Crippen LogP contribution in [0.15, 0.2) is 42.9 Å². The van der Waals surface area contributed by atoms with Crippen molar-refractivity contribution in [3.05, 3.63) is 61.5 Å². The van der Waals surface area contributed by atoms with Crippen molar-refractivity contribution in [1.29, 1.82) is 0 Å². The van der Waals surface area contributed by atoms with Crippen LogP contribution in [-0.2, 0) is 74.4 Å². The second-order valence-electron chi connectivity index (χ2n) is 11.8. The van der Waals surface area contributed by atoms with Crippen LogP contribution in [0.1, 0.15) is 58.2 Å². The van der Waals surface area contributed by atoms with Crippen molar-refractivity contribution in [3.8, 4) is 0 Å². The van der Waals surface area contributed by atoms with E-state index in [2.05, 4.69) is 36.1 Å². The van der Waals surface area contributed by atoms with E-state index in [9.17, 15) is 28.8 Å². The van der Waals surface area contributed by atoms with Gasteiger partial charge in [0, 0.05) is 90.2 Å². The van der Waals surface area contributed by atoms with E-state index in [4.69, 9.17) is 4.74 Å². The topological polar surface area (TPSA) is 195 Å². The molecule has 2 aromatic rings. The van der Waals surface area contributed by atoms with Gasteiger partial charge in [0.25, 0.3) is 0 Å². The number of ether oxygens (including phenoxy) is 1. The Morgan fingerprint density at radius 2 is 1.57 bits per heavy atom. The van der Waals surface area contributed by atoms with Crippen LogP contribution in [0.2, 0.25) is 0 Å². The molecular weight excluding hydrogens is 777 g/mol. The van der Waals surface area contributed by atoms with Gasteiger partial charge in [-0.05, 0) is 37.3 Å². The molecule has 3 unspecified atom stereocenters. The number of piperazine rings is 1. The molecule has 3 rings (SSSR count). The summed E-state index contributed by atoms with van der Waals surface area (Å²) < 4.78 is 5.57. The van der Waals surface area contributed by atoms with Crippen molar-refractivity contribution in [2.75, 3.05) is 51.3 Å². The van der Waals surface area contributed by atoms with E-state index in [1.165, 1.54) is 36.8 Å². The van der Waals surface area contributed by atoms with Gasteiger partial charge in [0.15, 0.2) is 0 Å². The third-order valence-corrected chi connectivity index (χ3v) is 8.39. The smallest absolute Gasteiger partial charge is 0.409 e. The van der Waals surface area contributed by atoms with Crippen molar-refractivity contribution in [1.82, 2.24) is 41.0 Å². The summed E-state index contributed by atoms with van der Waals surface area (Å²) in [5.74, 6) is -2.09. The molecule has 0 saturated carbocycles. The Bertz CT molecular complexity index is 1380. The van der Waals surface area contributed by atoms with Gasteiger partial charge in [0.2, 0.25) is 23.6 Å². The number of nitrogens with zero attached hydrogens (tertiary/aromatic N) is 3. The number of nitrogens with one attached hydrogen (secondary N) is 5. The first-order valence-electron chi connectivity index (χ1n) is 17.4. The number of rotatable bonds is 19. The predicted octanol–water partition coefficient (Wildman–Crippen LogP) is 2.09. The quantitative estimate of drug-likeness (QED) is 0.131. The predicted molar refractivity (Wildman–Crippen MR) is 202 cm³/mol. The van der Waals surface area contributed by atoms with E-state index in [0.29, 0.717) is 44.0 Å². The van der Waals surface area contributed by atoms with Gasteiger partial charge in [-0.3, -0.25) is 28.9 Å². The van der Waals surface area contributed by atoms with Crippen LogP contribution >= 0.6 is 11.8 Å². The number of hydrogen-bond acceptors (Lipinski definition) is 10. The Balaban J connectivity index is 0.00000664. The Morgan fingerprint density at radius 3 is 2.15 bits per heavy atom. The molecule has 5 amide bonds. The number of carbonyl (C=O) groups is 6. The maximum atomic E-state index is 13.7. The van der Waals surface area contributed by atoms with Crippen LogP contribution < -0.4 is 21.3 Å². The molecular formula is C36H57N8O7SY-. The van der Waals surface area contributed by atoms with Crippen LogP contribution in [-0.4, -0.2) is 125 Å². The van der Waals surface area contributed by atoms with Crippen molar-refractivity contribution in [2.24, 2.45) is 0 Å². The molecule has 1 aliphatic heterocycles. The van der Waals surface area contributed by atoms with Gasteiger partial charge in [0.1, 0.15) is 30.5 Å². The average molecular weight is 835 g/mol. The number of carbonyl (C=O) groups excluding carboxylic acids is 6. The zero-order chi connectivity index (χ0) is 37.6. The van der Waals surface area contributed by atoms with Gasteiger partial charge >= 0.3 is 6.09 Å². The number of ketones is 1. The number of benzene rings is 1. The van der Waals surface area contributed by atoms with Crippen LogP contribution in [0, 0.1) is 7.43 Å². The fourth-order valence-corrected chi connectivity index (χ4v) is 5.53. The molecule has 15 nitrogen and oxygen atoms in total. The third kappa shape index (κ3) is 19.0. The molecule has 1 aliphatic rings. The van der Waals surface area contributed by atoms with Gasteiger partial charge in [-0.15, -0.1) is 0 Å². The van der Waals surface area contributed by atoms with Crippen LogP contribution in [0.5, 0.6) is 0 Å². The van der Waals surface area contributed by atoms with Crippen molar-refractivity contribution >= 4 is 47.3 Å². The minimum atomic E-state index is -1.40. The van der Waals surface area contributed by atoms with Gasteiger partial charge < -0.3 is 43.3 Å². The summed E-state index contributed by atoms with van der Waals surface area (Å²) in [6.07, 6.45) is 5.24. The van der Waals surface area contributed by atoms with Crippen molar-refractivity contribution in [3.63, 3.8) is 0 Å². The van der Waals surface area contributed by atoms with Crippen molar-refractivity contribution < 1.29 is 66.2 Å². The second-order valence-corrected chi connectivity index (χ2v) is 12.8. The number of amides is 5. The summed E-state index contributed by atoms with van der Waals surface area (Å²) >= 11 is 1.47. The summed E-state index contributed by atoms with van der Waals surface area (Å²) in [6, 6.07) is 6.53. The van der Waals surface area contributed by atoms with Gasteiger partial charge in [0.05, 0.1) is 12.9 Å². The molecule has 0 aliphatic carbocycles. The first kappa shape index (κ1) is 49.7. The normalized spacial score (nSPS) is 13.9. The molecule has 17 heteroatoms. The Hall–Kier alpha value is -3.34. The second kappa shape index (κ2) is 28.2. The Kier molecular flexibility index (Phi) is 26.4. The molecule has 0 spiro atoms. The summed E-state index contributed by atoms with van der Waals surface area (Å²) in [6.45, 7) is 9.28. The Labute approximate surface area is 343 Å². The number of thioether (sulfide) groups is 1. The Morgan fingerprint density at radius 1 is 0.925 bits per heavy atom. The molecule has 1 aromatic carbocycles. The third-order valence-electron chi connectivity index (χ3n) is 7.75. The number of imidazole rings is 1. The molecule has 0 bridgehead atoms. The molecule has 53 heavy (non-hydrogen) atoms. The first-order chi connectivity index (χ1) is 24.6. The number of aromatic amines is 1. The number of Topliss-reactive ketones (excluding diaryl/α,β-unsaturated/α-hetero) is 1. The summed E-state index contributed by atoms with van der Waals surface area (Å²) in [5, 5.41) is 10.5. The fraction of sp³-hybridized carbons (Fsp3) is 0.556. The summed E-state index contributed by atoms with van der Waals surface area (Å²) in [5.41, 5.74) is 1.75. The molecule has 5 N–H and O–H groups in total. The molecule has 1 saturated heterocycles. The van der Waals surface area contributed by atoms with Gasteiger partial charge in [-0.2, -0.15) is 11.8 Å². The van der Waals surface area contributed by atoms with Gasteiger partial charge in [-0.1, -0.05) is 51.1 Å². The maximum Gasteiger partial charge on any atom is 0.409 e. The van der Waals surface area contributed by atoms with Crippen LogP contribution in [0.25, 0.3) is 0 Å². The minimum absolute atomic E-state index is 0. The van der Waals surface area contributed by atoms with Gasteiger partial charge in [-0.25, -0.2) is 9.78 Å². The summed E-state index contributed by atoms with van der Waals surface area (Å²) in [4.78, 5) is 87.9. The van der Waals surface area contributed by atoms with E-state index in [1.807, 2.05) is 57.4 Å². The number of H-pyrrole nitrogens is 1. The van der Waals surface area contributed by atoms with E-state index in [-0.39, 0.29) is 77.6 Å². The van der Waals surface area contributed by atoms with E-state index < -0.39 is 48.5 Å². The van der Waals surface area contributed by atoms with E-state index in [1.54, 1.807) is 4.90 Å². The molecule has 2 heterocycles. The minimum Gasteiger partial charge on any atom is -0.447 e. The molecule has 1 radical (unpaired) electrons. The monoisotopic (exact) mass is 834 g/mol.